The largest absolute Gasteiger partial charge is 0.289 e. The SMILES string of the molecule is O=C(N/N=C\c1ccc(Cl)cc1)c1cc(-c2ccc(-c3ccccc3)cc2)n[nH]1. The molecule has 1 aromatic heterocycles. The van der Waals surface area contributed by atoms with E-state index >= 15 is 0 Å². The van der Waals surface area contributed by atoms with Crippen LogP contribution in [0, 0.1) is 0 Å². The van der Waals surface area contributed by atoms with Crippen LogP contribution in [0.15, 0.2) is 90.0 Å². The van der Waals surface area contributed by atoms with Crippen LogP contribution in [0.3, 0.4) is 0 Å². The van der Waals surface area contributed by atoms with Gasteiger partial charge in [-0.3, -0.25) is 9.89 Å². The van der Waals surface area contributed by atoms with Crippen molar-refractivity contribution in [3.8, 4) is 22.4 Å². The predicted octanol–water partition coefficient (Wildman–Crippen LogP) is 5.16. The van der Waals surface area contributed by atoms with Gasteiger partial charge in [-0.05, 0) is 34.9 Å². The number of hydrogen-bond acceptors (Lipinski definition) is 3. The predicted molar refractivity (Wildman–Crippen MR) is 116 cm³/mol. The molecule has 6 heteroatoms. The van der Waals surface area contributed by atoms with E-state index in [1.54, 1.807) is 24.4 Å². The number of benzene rings is 3. The first-order chi connectivity index (χ1) is 14.2. The second kappa shape index (κ2) is 8.54. The van der Waals surface area contributed by atoms with Gasteiger partial charge in [-0.2, -0.15) is 10.2 Å². The summed E-state index contributed by atoms with van der Waals surface area (Å²) in [6.07, 6.45) is 1.55. The number of rotatable bonds is 5. The zero-order valence-electron chi connectivity index (χ0n) is 15.3. The van der Waals surface area contributed by atoms with E-state index in [1.165, 1.54) is 0 Å². The van der Waals surface area contributed by atoms with Crippen molar-refractivity contribution >= 4 is 23.7 Å². The molecular formula is C23H17ClN4O. The fourth-order valence-electron chi connectivity index (χ4n) is 2.82. The third-order valence-electron chi connectivity index (χ3n) is 4.36. The number of hydrazone groups is 1. The molecule has 4 aromatic rings. The van der Waals surface area contributed by atoms with Gasteiger partial charge in [0.05, 0.1) is 11.9 Å². The molecule has 0 aliphatic heterocycles. The highest BCUT2D eigenvalue weighted by molar-refractivity contribution is 6.30. The van der Waals surface area contributed by atoms with Crippen LogP contribution in [-0.2, 0) is 0 Å². The summed E-state index contributed by atoms with van der Waals surface area (Å²) >= 11 is 5.84. The Morgan fingerprint density at radius 3 is 2.28 bits per heavy atom. The first kappa shape index (κ1) is 18.7. The number of nitrogens with one attached hydrogen (secondary N) is 2. The second-order valence-electron chi connectivity index (χ2n) is 6.36. The Morgan fingerprint density at radius 1 is 0.897 bits per heavy atom. The molecule has 0 unspecified atom stereocenters. The van der Waals surface area contributed by atoms with Crippen molar-refractivity contribution in [3.63, 3.8) is 0 Å². The van der Waals surface area contributed by atoms with E-state index < -0.39 is 0 Å². The zero-order valence-corrected chi connectivity index (χ0v) is 16.1. The molecule has 2 N–H and O–H groups in total. The number of aromatic amines is 1. The number of aromatic nitrogens is 2. The fourth-order valence-corrected chi connectivity index (χ4v) is 2.95. The lowest BCUT2D eigenvalue weighted by Gasteiger charge is -2.02. The standard InChI is InChI=1S/C23H17ClN4O/c24-20-12-6-16(7-13-20)15-25-28-23(29)22-14-21(26-27-22)19-10-8-18(9-11-19)17-4-2-1-3-5-17/h1-15H,(H,26,27)(H,28,29)/b25-15-. The van der Waals surface area contributed by atoms with Crippen LogP contribution in [0.5, 0.6) is 0 Å². The average Bonchev–Trinajstić information content (AvgIpc) is 3.26. The number of amides is 1. The number of carbonyl (C=O) groups excluding carboxylic acids is 1. The maximum Gasteiger partial charge on any atom is 0.289 e. The molecule has 0 aliphatic carbocycles. The molecule has 3 aromatic carbocycles. The monoisotopic (exact) mass is 400 g/mol. The quantitative estimate of drug-likeness (QED) is 0.359. The van der Waals surface area contributed by atoms with E-state index in [-0.39, 0.29) is 5.91 Å². The minimum Gasteiger partial charge on any atom is -0.272 e. The van der Waals surface area contributed by atoms with Crippen LogP contribution in [0.1, 0.15) is 16.1 Å². The van der Waals surface area contributed by atoms with Crippen molar-refractivity contribution < 1.29 is 4.79 Å². The van der Waals surface area contributed by atoms with Crippen LogP contribution in [0.2, 0.25) is 5.02 Å². The van der Waals surface area contributed by atoms with E-state index in [4.69, 9.17) is 11.6 Å². The molecule has 0 bridgehead atoms. The third kappa shape index (κ3) is 4.59. The van der Waals surface area contributed by atoms with Crippen LogP contribution >= 0.6 is 11.6 Å². The number of halogens is 1. The van der Waals surface area contributed by atoms with E-state index in [2.05, 4.69) is 32.9 Å². The average molecular weight is 401 g/mol. The van der Waals surface area contributed by atoms with Gasteiger partial charge in [0.15, 0.2) is 0 Å². The maximum atomic E-state index is 12.3. The number of H-pyrrole nitrogens is 1. The van der Waals surface area contributed by atoms with Crippen LogP contribution < -0.4 is 5.43 Å². The van der Waals surface area contributed by atoms with E-state index in [9.17, 15) is 4.79 Å². The Kier molecular flexibility index (Phi) is 5.49. The van der Waals surface area contributed by atoms with Crippen molar-refractivity contribution in [1.29, 1.82) is 0 Å². The van der Waals surface area contributed by atoms with Crippen LogP contribution in [0.4, 0.5) is 0 Å². The zero-order chi connectivity index (χ0) is 20.1. The molecule has 0 atom stereocenters. The first-order valence-corrected chi connectivity index (χ1v) is 9.37. The van der Waals surface area contributed by atoms with Crippen molar-refractivity contribution in [2.24, 2.45) is 5.10 Å². The number of hydrogen-bond donors (Lipinski definition) is 2. The third-order valence-corrected chi connectivity index (χ3v) is 4.61. The summed E-state index contributed by atoms with van der Waals surface area (Å²) in [6.45, 7) is 0. The summed E-state index contributed by atoms with van der Waals surface area (Å²) < 4.78 is 0. The van der Waals surface area contributed by atoms with Gasteiger partial charge in [0.1, 0.15) is 5.69 Å². The van der Waals surface area contributed by atoms with Gasteiger partial charge < -0.3 is 0 Å². The Hall–Kier alpha value is -3.70. The highest BCUT2D eigenvalue weighted by Gasteiger charge is 2.10. The molecule has 0 saturated heterocycles. The van der Waals surface area contributed by atoms with E-state index in [0.717, 1.165) is 22.3 Å². The minimum atomic E-state index is -0.366. The Balaban J connectivity index is 1.42. The van der Waals surface area contributed by atoms with Gasteiger partial charge in [-0.15, -0.1) is 0 Å². The molecule has 5 nitrogen and oxygen atoms in total. The molecule has 4 rings (SSSR count). The minimum absolute atomic E-state index is 0.334. The second-order valence-corrected chi connectivity index (χ2v) is 6.80. The fraction of sp³-hybridized carbons (Fsp3) is 0. The lowest BCUT2D eigenvalue weighted by molar-refractivity contribution is 0.0950. The Labute approximate surface area is 173 Å². The van der Waals surface area contributed by atoms with E-state index in [1.807, 2.05) is 54.6 Å². The maximum absolute atomic E-state index is 12.3. The van der Waals surface area contributed by atoms with Crippen molar-refractivity contribution in [2.75, 3.05) is 0 Å². The van der Waals surface area contributed by atoms with Crippen LogP contribution in [-0.4, -0.2) is 22.3 Å². The number of carbonyl (C=O) groups is 1. The first-order valence-electron chi connectivity index (χ1n) is 8.99. The van der Waals surface area contributed by atoms with Gasteiger partial charge in [0.2, 0.25) is 0 Å². The lowest BCUT2D eigenvalue weighted by atomic mass is 10.0. The lowest BCUT2D eigenvalue weighted by Crippen LogP contribution is -2.17. The molecule has 0 radical (unpaired) electrons. The van der Waals surface area contributed by atoms with Crippen LogP contribution in [0.25, 0.3) is 22.4 Å². The Bertz CT molecular complexity index is 1130. The smallest absolute Gasteiger partial charge is 0.272 e. The van der Waals surface area contributed by atoms with Crippen molar-refractivity contribution in [3.05, 3.63) is 101 Å². The molecule has 142 valence electrons. The van der Waals surface area contributed by atoms with Gasteiger partial charge in [-0.25, -0.2) is 5.43 Å². The molecule has 0 spiro atoms. The van der Waals surface area contributed by atoms with Crippen molar-refractivity contribution in [2.45, 2.75) is 0 Å². The Morgan fingerprint density at radius 2 is 1.55 bits per heavy atom. The summed E-state index contributed by atoms with van der Waals surface area (Å²) in [4.78, 5) is 12.3. The summed E-state index contributed by atoms with van der Waals surface area (Å²) in [7, 11) is 0. The highest BCUT2D eigenvalue weighted by atomic mass is 35.5. The molecule has 0 fully saturated rings. The van der Waals surface area contributed by atoms with E-state index in [0.29, 0.717) is 16.4 Å². The summed E-state index contributed by atoms with van der Waals surface area (Å²) in [5.41, 5.74) is 7.54. The molecule has 0 saturated carbocycles. The normalized spacial score (nSPS) is 10.9. The molecule has 1 heterocycles. The van der Waals surface area contributed by atoms with Gasteiger partial charge >= 0.3 is 0 Å². The molecular weight excluding hydrogens is 384 g/mol. The van der Waals surface area contributed by atoms with Crippen molar-refractivity contribution in [1.82, 2.24) is 15.6 Å². The molecule has 29 heavy (non-hydrogen) atoms. The molecule has 1 amide bonds. The summed E-state index contributed by atoms with van der Waals surface area (Å²) in [5, 5.41) is 11.6. The van der Waals surface area contributed by atoms with Gasteiger partial charge in [0, 0.05) is 10.6 Å². The molecule has 0 aliphatic rings. The highest BCUT2D eigenvalue weighted by Crippen LogP contribution is 2.24. The topological polar surface area (TPSA) is 70.1 Å². The van der Waals surface area contributed by atoms with Gasteiger partial charge in [-0.1, -0.05) is 78.3 Å². The van der Waals surface area contributed by atoms with Gasteiger partial charge in [0.25, 0.3) is 5.91 Å². The summed E-state index contributed by atoms with van der Waals surface area (Å²) in [5.74, 6) is -0.366. The summed E-state index contributed by atoms with van der Waals surface area (Å²) in [6, 6.07) is 27.0. The number of nitrogens with zero attached hydrogens (tertiary/aromatic N) is 2.